The number of nitrogens with zero attached hydrogens (tertiary/aromatic N) is 3. The number of aliphatic hydroxyl groups is 3. The van der Waals surface area contributed by atoms with Crippen molar-refractivity contribution in [1.29, 1.82) is 0 Å². The second-order valence-corrected chi connectivity index (χ2v) is 14.9. The highest BCUT2D eigenvalue weighted by atomic mass is 16.3. The van der Waals surface area contributed by atoms with Gasteiger partial charge in [0.1, 0.15) is 0 Å². The molecule has 9 heteroatoms. The Bertz CT molecular complexity index is 2390. The van der Waals surface area contributed by atoms with E-state index in [4.69, 9.17) is 0 Å². The molecular formula is C42H39N3O6. The molecule has 3 saturated heterocycles. The molecule has 0 bridgehead atoms. The van der Waals surface area contributed by atoms with Gasteiger partial charge in [-0.3, -0.25) is 14.4 Å². The fraction of sp³-hybridized carbons (Fsp3) is 0.357. The molecule has 10 rings (SSSR count). The number of fused-ring (bicyclic) bond motifs is 12. The molecule has 51 heavy (non-hydrogen) atoms. The van der Waals surface area contributed by atoms with Crippen molar-refractivity contribution < 1.29 is 15.3 Å². The smallest absolute Gasteiger partial charge is 0.194 e. The van der Waals surface area contributed by atoms with Crippen molar-refractivity contribution in [3.05, 3.63) is 85.3 Å². The largest absolute Gasteiger partial charge is 0.394 e. The Labute approximate surface area is 292 Å². The maximum atomic E-state index is 14.7. The van der Waals surface area contributed by atoms with Gasteiger partial charge in [-0.05, 0) is 109 Å². The van der Waals surface area contributed by atoms with Crippen LogP contribution in [0.3, 0.4) is 0 Å². The summed E-state index contributed by atoms with van der Waals surface area (Å²) in [7, 11) is 0. The zero-order valence-corrected chi connectivity index (χ0v) is 28.3. The lowest BCUT2D eigenvalue weighted by Gasteiger charge is -2.25. The molecular weight excluding hydrogens is 642 g/mol. The topological polar surface area (TPSA) is 122 Å². The van der Waals surface area contributed by atoms with Gasteiger partial charge in [0.25, 0.3) is 0 Å². The van der Waals surface area contributed by atoms with Gasteiger partial charge in [0.2, 0.25) is 0 Å². The van der Waals surface area contributed by atoms with Crippen LogP contribution in [0.5, 0.6) is 0 Å². The van der Waals surface area contributed by atoms with Crippen LogP contribution in [-0.4, -0.2) is 72.9 Å². The highest BCUT2D eigenvalue weighted by Crippen LogP contribution is 2.45. The van der Waals surface area contributed by atoms with Crippen LogP contribution in [0, 0.1) is 0 Å². The van der Waals surface area contributed by atoms with Gasteiger partial charge in [0.15, 0.2) is 16.3 Å². The average Bonchev–Trinajstić information content (AvgIpc) is 4.02. The number of rotatable bonds is 6. The quantitative estimate of drug-likeness (QED) is 0.226. The summed E-state index contributed by atoms with van der Waals surface area (Å²) in [6, 6.07) is 17.3. The van der Waals surface area contributed by atoms with Crippen LogP contribution in [-0.2, 0) is 0 Å². The summed E-state index contributed by atoms with van der Waals surface area (Å²) < 4.78 is 0. The van der Waals surface area contributed by atoms with Gasteiger partial charge in [-0.15, -0.1) is 0 Å². The van der Waals surface area contributed by atoms with Crippen molar-refractivity contribution in [3.8, 4) is 0 Å². The van der Waals surface area contributed by atoms with Crippen LogP contribution in [0.25, 0.3) is 64.6 Å². The summed E-state index contributed by atoms with van der Waals surface area (Å²) in [6.45, 7) is 2.49. The molecule has 9 nitrogen and oxygen atoms in total. The normalized spacial score (nSPS) is 21.5. The van der Waals surface area contributed by atoms with E-state index in [1.165, 1.54) is 0 Å². The van der Waals surface area contributed by atoms with Crippen LogP contribution in [0.15, 0.2) is 69.0 Å². The number of benzene rings is 4. The lowest BCUT2D eigenvalue weighted by Crippen LogP contribution is -2.31. The second kappa shape index (κ2) is 11.3. The third-order valence-electron chi connectivity index (χ3n) is 12.5. The van der Waals surface area contributed by atoms with E-state index in [0.717, 1.165) is 75.2 Å². The standard InChI is InChI=1S/C42H39N3O6/c46-19-25-4-1-13-43(25)22-7-10-28-31(16-22)34-37(40(28)49)35-33-18-24(45-15-3-6-27(45)21-48)9-12-30(33)42(51)39(35)36-32-17-23(44-14-2-5-26(44)20-47)8-11-29(32)41(50)38(34)36/h7-12,16-18,25-27,46-48H,1-6,13-15,19-21H2/t25-,26-,27-/m1/s1. The van der Waals surface area contributed by atoms with E-state index in [2.05, 4.69) is 14.7 Å². The Morgan fingerprint density at radius 3 is 1.00 bits per heavy atom. The fourth-order valence-electron chi connectivity index (χ4n) is 10.1. The van der Waals surface area contributed by atoms with E-state index in [9.17, 15) is 29.7 Å². The van der Waals surface area contributed by atoms with E-state index in [1.807, 2.05) is 54.6 Å². The Kier molecular flexibility index (Phi) is 6.88. The summed E-state index contributed by atoms with van der Waals surface area (Å²) in [5.74, 6) is 0. The van der Waals surface area contributed by atoms with Crippen LogP contribution >= 0.6 is 0 Å². The zero-order valence-electron chi connectivity index (χ0n) is 28.3. The van der Waals surface area contributed by atoms with E-state index in [-0.39, 0.29) is 54.2 Å². The van der Waals surface area contributed by atoms with Gasteiger partial charge in [0.05, 0.1) is 37.9 Å². The predicted octanol–water partition coefficient (Wildman–Crippen LogP) is 4.88. The molecule has 7 aromatic rings. The van der Waals surface area contributed by atoms with Gasteiger partial charge >= 0.3 is 0 Å². The van der Waals surface area contributed by atoms with E-state index in [0.29, 0.717) is 64.6 Å². The van der Waals surface area contributed by atoms with Gasteiger partial charge in [-0.1, -0.05) is 0 Å². The van der Waals surface area contributed by atoms with Crippen LogP contribution < -0.4 is 31.0 Å². The monoisotopic (exact) mass is 681 g/mol. The van der Waals surface area contributed by atoms with Crippen molar-refractivity contribution in [2.75, 3.05) is 54.2 Å². The van der Waals surface area contributed by atoms with Crippen LogP contribution in [0.4, 0.5) is 17.1 Å². The minimum atomic E-state index is -0.196. The first-order valence-electron chi connectivity index (χ1n) is 18.4. The third kappa shape index (κ3) is 4.16. The Balaban J connectivity index is 1.37. The van der Waals surface area contributed by atoms with Gasteiger partial charge in [-0.2, -0.15) is 0 Å². The number of hydrogen-bond acceptors (Lipinski definition) is 9. The van der Waals surface area contributed by atoms with Crippen LogP contribution in [0.2, 0.25) is 0 Å². The van der Waals surface area contributed by atoms with Gasteiger partial charge < -0.3 is 30.0 Å². The summed E-state index contributed by atoms with van der Waals surface area (Å²) in [5, 5.41) is 37.0. The molecule has 0 radical (unpaired) electrons. The Morgan fingerprint density at radius 2 is 0.725 bits per heavy atom. The molecule has 0 spiro atoms. The minimum absolute atomic E-state index is 0.0146. The van der Waals surface area contributed by atoms with Crippen molar-refractivity contribution in [2.45, 2.75) is 56.7 Å². The maximum absolute atomic E-state index is 14.7. The number of hydrogen-bond donors (Lipinski definition) is 3. The van der Waals surface area contributed by atoms with E-state index < -0.39 is 0 Å². The first-order chi connectivity index (χ1) is 24.9. The minimum Gasteiger partial charge on any atom is -0.394 e. The SMILES string of the molecule is O=c1c2ccc(N3CCC[C@@H]3CO)cc2c2c1c1c3cc(N4CCC[C@@H]4CO)ccc3c(=O)c1c1c3cc(N4CCC[C@@H]4CO)ccc3c(=O)c21. The molecule has 0 aromatic heterocycles. The Hall–Kier alpha value is -4.83. The van der Waals surface area contributed by atoms with Crippen LogP contribution in [0.1, 0.15) is 38.5 Å². The molecule has 3 aliphatic heterocycles. The third-order valence-corrected chi connectivity index (χ3v) is 12.5. The summed E-state index contributed by atoms with van der Waals surface area (Å²) >= 11 is 0. The molecule has 3 aliphatic rings. The lowest BCUT2D eigenvalue weighted by molar-refractivity contribution is 0.266. The lowest BCUT2D eigenvalue weighted by atomic mass is 9.99. The second-order valence-electron chi connectivity index (χ2n) is 14.9. The van der Waals surface area contributed by atoms with Crippen molar-refractivity contribution in [2.24, 2.45) is 0 Å². The summed E-state index contributed by atoms with van der Waals surface area (Å²) in [5.41, 5.74) is 2.11. The summed E-state index contributed by atoms with van der Waals surface area (Å²) in [6.07, 6.45) is 5.52. The molecule has 3 fully saturated rings. The first-order valence-corrected chi connectivity index (χ1v) is 18.4. The molecule has 0 saturated carbocycles. The molecule has 258 valence electrons. The molecule has 3 heterocycles. The predicted molar refractivity (Wildman–Crippen MR) is 206 cm³/mol. The van der Waals surface area contributed by atoms with E-state index in [1.54, 1.807) is 0 Å². The number of aliphatic hydroxyl groups excluding tert-OH is 3. The highest BCUT2D eigenvalue weighted by Gasteiger charge is 2.31. The molecule has 0 unspecified atom stereocenters. The summed E-state index contributed by atoms with van der Waals surface area (Å²) in [4.78, 5) is 50.6. The van der Waals surface area contributed by atoms with Crippen molar-refractivity contribution in [1.82, 2.24) is 0 Å². The fourth-order valence-corrected chi connectivity index (χ4v) is 10.1. The average molecular weight is 682 g/mol. The van der Waals surface area contributed by atoms with E-state index >= 15 is 0 Å². The van der Waals surface area contributed by atoms with Crippen molar-refractivity contribution in [3.63, 3.8) is 0 Å². The van der Waals surface area contributed by atoms with Gasteiger partial charge in [0, 0.05) is 85.2 Å². The molecule has 3 atom stereocenters. The van der Waals surface area contributed by atoms with Crippen molar-refractivity contribution >= 4 is 81.7 Å². The highest BCUT2D eigenvalue weighted by molar-refractivity contribution is 6.43. The maximum Gasteiger partial charge on any atom is 0.194 e. The number of anilines is 3. The molecule has 7 aromatic carbocycles. The molecule has 3 N–H and O–H groups in total. The zero-order chi connectivity index (χ0) is 34.7. The Morgan fingerprint density at radius 1 is 0.431 bits per heavy atom. The molecule has 0 aliphatic carbocycles. The first kappa shape index (κ1) is 30.9. The molecule has 0 amide bonds. The van der Waals surface area contributed by atoms with Gasteiger partial charge in [-0.25, -0.2) is 0 Å².